The van der Waals surface area contributed by atoms with Crippen molar-refractivity contribution in [3.05, 3.63) is 47.1 Å². The van der Waals surface area contributed by atoms with Crippen LogP contribution in [0, 0.1) is 0 Å². The summed E-state index contributed by atoms with van der Waals surface area (Å²) in [5.74, 6) is 0.247. The third-order valence-corrected chi connectivity index (χ3v) is 6.28. The van der Waals surface area contributed by atoms with Gasteiger partial charge in [-0.2, -0.15) is 0 Å². The van der Waals surface area contributed by atoms with E-state index in [4.69, 9.17) is 9.15 Å². The molecule has 12 heteroatoms. The van der Waals surface area contributed by atoms with Crippen molar-refractivity contribution in [3.8, 4) is 0 Å². The molecule has 1 saturated heterocycles. The van der Waals surface area contributed by atoms with Gasteiger partial charge in [-0.25, -0.2) is 9.97 Å². The molecule has 10 nitrogen and oxygen atoms in total. The summed E-state index contributed by atoms with van der Waals surface area (Å²) >= 11 is 2.88. The fraction of sp³-hybridized carbons (Fsp3) is 0.333. The van der Waals surface area contributed by atoms with Gasteiger partial charge in [-0.05, 0) is 12.1 Å². The number of aromatic nitrogens is 3. The second kappa shape index (κ2) is 9.32. The summed E-state index contributed by atoms with van der Waals surface area (Å²) in [6.45, 7) is 2.76. The van der Waals surface area contributed by atoms with Gasteiger partial charge in [0.25, 0.3) is 5.91 Å². The number of ether oxygens (including phenoxy) is 1. The topological polar surface area (TPSA) is 115 Å². The predicted octanol–water partition coefficient (Wildman–Crippen LogP) is 1.67. The Bertz CT molecular complexity index is 1020. The van der Waals surface area contributed by atoms with Crippen LogP contribution >= 0.6 is 23.1 Å². The summed E-state index contributed by atoms with van der Waals surface area (Å²) in [6.07, 6.45) is 3.58. The van der Waals surface area contributed by atoms with Gasteiger partial charge in [0.2, 0.25) is 0 Å². The van der Waals surface area contributed by atoms with Crippen LogP contribution in [0.25, 0.3) is 0 Å². The molecule has 0 aliphatic carbocycles. The summed E-state index contributed by atoms with van der Waals surface area (Å²) in [4.78, 5) is 35.2. The molecule has 3 aromatic rings. The zero-order valence-corrected chi connectivity index (χ0v) is 17.8. The number of imidazole rings is 1. The standard InChI is InChI=1S/C18H20N6O4S2/c1-23-5-4-19-17(23)29-10-12-2-3-14(28-12)16(26)22-21-15(25)13-11-30-18(20-13)24-6-8-27-9-7-24/h2-5,11H,6-10H2,1H3,(H,21,25)(H,22,26). The van der Waals surface area contributed by atoms with Crippen LogP contribution in [-0.2, 0) is 17.5 Å². The van der Waals surface area contributed by atoms with Crippen LogP contribution in [0.15, 0.2) is 39.5 Å². The predicted molar refractivity (Wildman–Crippen MR) is 112 cm³/mol. The molecule has 1 aliphatic heterocycles. The fourth-order valence-electron chi connectivity index (χ4n) is 2.71. The lowest BCUT2D eigenvalue weighted by molar-refractivity contribution is 0.0828. The Balaban J connectivity index is 1.27. The number of furan rings is 1. The molecule has 2 amide bonds. The van der Waals surface area contributed by atoms with Gasteiger partial charge < -0.3 is 18.6 Å². The number of morpholine rings is 1. The third-order valence-electron chi connectivity index (χ3n) is 4.30. The van der Waals surface area contributed by atoms with Crippen molar-refractivity contribution >= 4 is 40.0 Å². The van der Waals surface area contributed by atoms with E-state index in [2.05, 4.69) is 25.7 Å². The Kier molecular flexibility index (Phi) is 6.35. The molecular weight excluding hydrogens is 428 g/mol. The molecule has 1 fully saturated rings. The summed E-state index contributed by atoms with van der Waals surface area (Å²) in [5, 5.41) is 3.27. The summed E-state index contributed by atoms with van der Waals surface area (Å²) in [5.41, 5.74) is 4.97. The lowest BCUT2D eigenvalue weighted by atomic mass is 10.4. The Hall–Kier alpha value is -2.83. The smallest absolute Gasteiger partial charge is 0.305 e. The van der Waals surface area contributed by atoms with Crippen LogP contribution in [0.1, 0.15) is 26.8 Å². The highest BCUT2D eigenvalue weighted by Gasteiger charge is 2.18. The molecule has 3 aromatic heterocycles. The number of hydrogen-bond donors (Lipinski definition) is 2. The van der Waals surface area contributed by atoms with Crippen molar-refractivity contribution in [2.24, 2.45) is 7.05 Å². The number of aryl methyl sites for hydroxylation is 1. The van der Waals surface area contributed by atoms with Gasteiger partial charge in [0.1, 0.15) is 11.5 Å². The van der Waals surface area contributed by atoms with Gasteiger partial charge in [0.15, 0.2) is 16.0 Å². The van der Waals surface area contributed by atoms with Crippen molar-refractivity contribution in [3.63, 3.8) is 0 Å². The number of hydrazine groups is 1. The Morgan fingerprint density at radius 2 is 2.03 bits per heavy atom. The molecule has 0 spiro atoms. The first-order valence-corrected chi connectivity index (χ1v) is 11.0. The number of rotatable bonds is 6. The maximum atomic E-state index is 12.3. The minimum atomic E-state index is -0.541. The van der Waals surface area contributed by atoms with Crippen molar-refractivity contribution in [1.82, 2.24) is 25.4 Å². The SMILES string of the molecule is Cn1ccnc1SCc1ccc(C(=O)NNC(=O)c2csc(N3CCOCC3)n2)o1. The molecule has 2 N–H and O–H groups in total. The van der Waals surface area contributed by atoms with Crippen molar-refractivity contribution in [1.29, 1.82) is 0 Å². The Morgan fingerprint density at radius 3 is 2.80 bits per heavy atom. The van der Waals surface area contributed by atoms with Crippen molar-refractivity contribution < 1.29 is 18.7 Å². The van der Waals surface area contributed by atoms with Gasteiger partial charge in [-0.1, -0.05) is 11.8 Å². The molecule has 0 unspecified atom stereocenters. The van der Waals surface area contributed by atoms with Gasteiger partial charge in [-0.15, -0.1) is 11.3 Å². The fourth-order valence-corrected chi connectivity index (χ4v) is 4.40. The average Bonchev–Trinajstić information content (AvgIpc) is 3.52. The molecule has 0 atom stereocenters. The molecule has 1 aliphatic rings. The number of carbonyl (C=O) groups is 2. The highest BCUT2D eigenvalue weighted by Crippen LogP contribution is 2.22. The van der Waals surface area contributed by atoms with Crippen LogP contribution in [0.5, 0.6) is 0 Å². The molecule has 0 saturated carbocycles. The van der Waals surface area contributed by atoms with E-state index in [1.165, 1.54) is 23.1 Å². The summed E-state index contributed by atoms with van der Waals surface area (Å²) in [6, 6.07) is 3.29. The largest absolute Gasteiger partial charge is 0.455 e. The number of hydrogen-bond acceptors (Lipinski definition) is 9. The third kappa shape index (κ3) is 4.83. The number of carbonyl (C=O) groups excluding carboxylic acids is 2. The van der Waals surface area contributed by atoms with E-state index >= 15 is 0 Å². The lowest BCUT2D eigenvalue weighted by Gasteiger charge is -2.25. The van der Waals surface area contributed by atoms with Gasteiger partial charge in [0, 0.05) is 37.9 Å². The number of anilines is 1. The first kappa shape index (κ1) is 20.4. The van der Waals surface area contributed by atoms with E-state index < -0.39 is 11.8 Å². The molecule has 0 bridgehead atoms. The van der Waals surface area contributed by atoms with Crippen LogP contribution in [0.2, 0.25) is 0 Å². The molecule has 4 rings (SSSR count). The van der Waals surface area contributed by atoms with E-state index in [0.29, 0.717) is 24.7 Å². The maximum Gasteiger partial charge on any atom is 0.305 e. The van der Waals surface area contributed by atoms with Crippen LogP contribution in [-0.4, -0.2) is 52.7 Å². The van der Waals surface area contributed by atoms with E-state index in [1.54, 1.807) is 23.7 Å². The first-order valence-electron chi connectivity index (χ1n) is 9.18. The van der Waals surface area contributed by atoms with E-state index in [1.807, 2.05) is 17.8 Å². The minimum Gasteiger partial charge on any atom is -0.455 e. The minimum absolute atomic E-state index is 0.109. The first-order chi connectivity index (χ1) is 14.6. The van der Waals surface area contributed by atoms with Crippen molar-refractivity contribution in [2.75, 3.05) is 31.2 Å². The molecule has 0 aromatic carbocycles. The molecule has 30 heavy (non-hydrogen) atoms. The molecule has 0 radical (unpaired) electrons. The quantitative estimate of drug-likeness (QED) is 0.432. The number of thioether (sulfide) groups is 1. The second-order valence-electron chi connectivity index (χ2n) is 6.40. The highest BCUT2D eigenvalue weighted by atomic mass is 32.2. The normalized spacial score (nSPS) is 14.0. The Morgan fingerprint density at radius 1 is 1.23 bits per heavy atom. The lowest BCUT2D eigenvalue weighted by Crippen LogP contribution is -2.41. The summed E-state index contributed by atoms with van der Waals surface area (Å²) < 4.78 is 12.8. The second-order valence-corrected chi connectivity index (χ2v) is 8.18. The average molecular weight is 449 g/mol. The van der Waals surface area contributed by atoms with Crippen LogP contribution in [0.4, 0.5) is 5.13 Å². The van der Waals surface area contributed by atoms with Crippen LogP contribution in [0.3, 0.4) is 0 Å². The molecule has 158 valence electrons. The monoisotopic (exact) mass is 448 g/mol. The Labute approximate surface area is 180 Å². The molecular formula is C18H20N6O4S2. The van der Waals surface area contributed by atoms with E-state index in [-0.39, 0.29) is 11.5 Å². The zero-order valence-electron chi connectivity index (χ0n) is 16.2. The number of nitrogens with one attached hydrogen (secondary N) is 2. The van der Waals surface area contributed by atoms with E-state index in [9.17, 15) is 9.59 Å². The van der Waals surface area contributed by atoms with Crippen LogP contribution < -0.4 is 15.8 Å². The van der Waals surface area contributed by atoms with E-state index in [0.717, 1.165) is 23.4 Å². The van der Waals surface area contributed by atoms with Gasteiger partial charge in [-0.3, -0.25) is 20.4 Å². The highest BCUT2D eigenvalue weighted by molar-refractivity contribution is 7.98. The maximum absolute atomic E-state index is 12.3. The zero-order chi connectivity index (χ0) is 20.9. The van der Waals surface area contributed by atoms with Gasteiger partial charge in [0.05, 0.1) is 19.0 Å². The number of nitrogens with zero attached hydrogens (tertiary/aromatic N) is 4. The summed E-state index contributed by atoms with van der Waals surface area (Å²) in [7, 11) is 1.91. The number of amides is 2. The van der Waals surface area contributed by atoms with Crippen molar-refractivity contribution in [2.45, 2.75) is 10.9 Å². The number of thiazole rings is 1. The van der Waals surface area contributed by atoms with Gasteiger partial charge >= 0.3 is 5.91 Å². The molecule has 4 heterocycles.